The molecule has 5 heteroatoms. The summed E-state index contributed by atoms with van der Waals surface area (Å²) in [4.78, 5) is 14.7. The molecule has 0 fully saturated rings. The molecular formula is C24H22N2O3. The number of carbonyl (C=O) groups is 1. The number of anilines is 2. The third kappa shape index (κ3) is 3.76. The van der Waals surface area contributed by atoms with Crippen molar-refractivity contribution in [2.45, 2.75) is 19.4 Å². The monoisotopic (exact) mass is 386 g/mol. The predicted octanol–water partition coefficient (Wildman–Crippen LogP) is 4.80. The summed E-state index contributed by atoms with van der Waals surface area (Å²) in [5.41, 5.74) is 5.54. The van der Waals surface area contributed by atoms with Crippen LogP contribution in [0.5, 0.6) is 11.5 Å². The molecule has 0 unspecified atom stereocenters. The lowest BCUT2D eigenvalue weighted by atomic mass is 10.1. The van der Waals surface area contributed by atoms with Gasteiger partial charge in [-0.2, -0.15) is 0 Å². The molecule has 2 aliphatic rings. The summed E-state index contributed by atoms with van der Waals surface area (Å²) in [6.07, 6.45) is 1.33. The summed E-state index contributed by atoms with van der Waals surface area (Å²) in [6.45, 7) is 2.55. The average molecular weight is 386 g/mol. The average Bonchev–Trinajstić information content (AvgIpc) is 3.35. The second kappa shape index (κ2) is 7.51. The number of amides is 1. The Hall–Kier alpha value is -3.47. The Kier molecular flexibility index (Phi) is 4.56. The third-order valence-corrected chi connectivity index (χ3v) is 5.41. The first-order valence-electron chi connectivity index (χ1n) is 9.91. The Morgan fingerprint density at radius 3 is 2.79 bits per heavy atom. The molecule has 0 atom stereocenters. The number of nitrogens with one attached hydrogen (secondary N) is 1. The van der Waals surface area contributed by atoms with Crippen molar-refractivity contribution in [2.24, 2.45) is 0 Å². The highest BCUT2D eigenvalue weighted by Crippen LogP contribution is 2.33. The zero-order valence-electron chi connectivity index (χ0n) is 16.1. The van der Waals surface area contributed by atoms with Gasteiger partial charge in [0, 0.05) is 30.9 Å². The van der Waals surface area contributed by atoms with E-state index in [9.17, 15) is 4.79 Å². The van der Waals surface area contributed by atoms with E-state index >= 15 is 0 Å². The van der Waals surface area contributed by atoms with E-state index in [-0.39, 0.29) is 0 Å². The molecule has 2 aliphatic heterocycles. The highest BCUT2D eigenvalue weighted by atomic mass is 16.6. The van der Waals surface area contributed by atoms with Gasteiger partial charge in [-0.25, -0.2) is 4.79 Å². The van der Waals surface area contributed by atoms with E-state index in [0.29, 0.717) is 12.4 Å². The van der Waals surface area contributed by atoms with Crippen LogP contribution >= 0.6 is 0 Å². The molecule has 146 valence electrons. The van der Waals surface area contributed by atoms with Crippen LogP contribution in [0.4, 0.5) is 16.2 Å². The number of hydrogen-bond acceptors (Lipinski definition) is 4. The van der Waals surface area contributed by atoms with Crippen LogP contribution in [0.1, 0.15) is 16.7 Å². The first kappa shape index (κ1) is 17.6. The van der Waals surface area contributed by atoms with Crippen LogP contribution in [0.3, 0.4) is 0 Å². The molecule has 0 aliphatic carbocycles. The van der Waals surface area contributed by atoms with Gasteiger partial charge in [-0.05, 0) is 59.5 Å². The van der Waals surface area contributed by atoms with E-state index in [4.69, 9.17) is 9.47 Å². The molecule has 29 heavy (non-hydrogen) atoms. The van der Waals surface area contributed by atoms with Gasteiger partial charge in [-0.3, -0.25) is 5.32 Å². The van der Waals surface area contributed by atoms with Crippen molar-refractivity contribution in [3.8, 4) is 11.5 Å². The van der Waals surface area contributed by atoms with Crippen molar-refractivity contribution in [3.63, 3.8) is 0 Å². The van der Waals surface area contributed by atoms with Gasteiger partial charge in [0.15, 0.2) is 0 Å². The van der Waals surface area contributed by atoms with Gasteiger partial charge in [0.1, 0.15) is 11.5 Å². The Labute approximate surface area is 169 Å². The third-order valence-electron chi connectivity index (χ3n) is 5.41. The number of nitrogens with zero attached hydrogens (tertiary/aromatic N) is 1. The van der Waals surface area contributed by atoms with Crippen LogP contribution in [0.15, 0.2) is 66.7 Å². The minimum atomic E-state index is -0.483. The summed E-state index contributed by atoms with van der Waals surface area (Å²) in [5.74, 6) is 1.45. The molecule has 0 saturated carbocycles. The molecule has 2 heterocycles. The number of rotatable bonds is 4. The van der Waals surface area contributed by atoms with Crippen LogP contribution in [-0.2, 0) is 19.4 Å². The molecule has 3 aromatic rings. The van der Waals surface area contributed by atoms with Crippen LogP contribution in [0.25, 0.3) is 0 Å². The molecule has 5 nitrogen and oxygen atoms in total. The van der Waals surface area contributed by atoms with Gasteiger partial charge >= 0.3 is 6.09 Å². The molecule has 0 spiro atoms. The molecule has 0 radical (unpaired) electrons. The minimum absolute atomic E-state index is 0.483. The predicted molar refractivity (Wildman–Crippen MR) is 113 cm³/mol. The summed E-state index contributed by atoms with van der Waals surface area (Å²) in [7, 11) is 0. The van der Waals surface area contributed by atoms with Gasteiger partial charge in [0.2, 0.25) is 0 Å². The SMILES string of the molecule is O=C(Nc1ccc2c(c1)CCO2)Oc1ccc2c(c1)CCN2Cc1ccccc1. The highest BCUT2D eigenvalue weighted by Gasteiger charge is 2.20. The van der Waals surface area contributed by atoms with E-state index < -0.39 is 6.09 Å². The van der Waals surface area contributed by atoms with E-state index in [1.54, 1.807) is 0 Å². The largest absolute Gasteiger partial charge is 0.493 e. The summed E-state index contributed by atoms with van der Waals surface area (Å²) < 4.78 is 11.0. The second-order valence-electron chi connectivity index (χ2n) is 7.38. The van der Waals surface area contributed by atoms with Gasteiger partial charge in [-0.15, -0.1) is 0 Å². The lowest BCUT2D eigenvalue weighted by Crippen LogP contribution is -2.19. The van der Waals surface area contributed by atoms with Crippen LogP contribution in [0.2, 0.25) is 0 Å². The van der Waals surface area contributed by atoms with E-state index in [0.717, 1.165) is 42.9 Å². The second-order valence-corrected chi connectivity index (χ2v) is 7.38. The van der Waals surface area contributed by atoms with Crippen LogP contribution in [0, 0.1) is 0 Å². The maximum absolute atomic E-state index is 12.3. The van der Waals surface area contributed by atoms with E-state index in [1.807, 2.05) is 42.5 Å². The molecule has 1 N–H and O–H groups in total. The number of carbonyl (C=O) groups excluding carboxylic acids is 1. The molecular weight excluding hydrogens is 364 g/mol. The number of benzene rings is 3. The Morgan fingerprint density at radius 1 is 1.00 bits per heavy atom. The lowest BCUT2D eigenvalue weighted by molar-refractivity contribution is 0.215. The normalized spacial score (nSPS) is 14.1. The Bertz CT molecular complexity index is 1050. The zero-order valence-corrected chi connectivity index (χ0v) is 16.1. The standard InChI is InChI=1S/C24H22N2O3/c27-24(25-20-6-9-23-19(14-20)11-13-28-23)29-21-7-8-22-18(15-21)10-12-26(22)16-17-4-2-1-3-5-17/h1-9,14-15H,10-13,16H2,(H,25,27). The van der Waals surface area contributed by atoms with Gasteiger partial charge in [-0.1, -0.05) is 30.3 Å². The van der Waals surface area contributed by atoms with Crippen molar-refractivity contribution in [2.75, 3.05) is 23.4 Å². The topological polar surface area (TPSA) is 50.8 Å². The van der Waals surface area contributed by atoms with Crippen molar-refractivity contribution in [1.29, 1.82) is 0 Å². The fourth-order valence-electron chi connectivity index (χ4n) is 3.99. The quantitative estimate of drug-likeness (QED) is 0.700. The number of ether oxygens (including phenoxy) is 2. The van der Waals surface area contributed by atoms with Gasteiger partial charge < -0.3 is 14.4 Å². The van der Waals surface area contributed by atoms with Crippen molar-refractivity contribution in [3.05, 3.63) is 83.4 Å². The summed E-state index contributed by atoms with van der Waals surface area (Å²) in [6, 6.07) is 22.0. The number of hydrogen-bond donors (Lipinski definition) is 1. The summed E-state index contributed by atoms with van der Waals surface area (Å²) in [5, 5.41) is 2.80. The smallest absolute Gasteiger partial charge is 0.417 e. The molecule has 0 saturated heterocycles. The Balaban J connectivity index is 1.24. The molecule has 1 amide bonds. The molecule has 0 bridgehead atoms. The van der Waals surface area contributed by atoms with Crippen molar-refractivity contribution < 1.29 is 14.3 Å². The van der Waals surface area contributed by atoms with E-state index in [1.165, 1.54) is 16.8 Å². The molecule has 0 aromatic heterocycles. The first-order valence-corrected chi connectivity index (χ1v) is 9.91. The van der Waals surface area contributed by atoms with Crippen LogP contribution < -0.4 is 19.7 Å². The maximum Gasteiger partial charge on any atom is 0.417 e. The first-order chi connectivity index (χ1) is 14.2. The molecule has 3 aromatic carbocycles. The number of fused-ring (bicyclic) bond motifs is 2. The van der Waals surface area contributed by atoms with Crippen LogP contribution in [-0.4, -0.2) is 19.2 Å². The minimum Gasteiger partial charge on any atom is -0.493 e. The fraction of sp³-hybridized carbons (Fsp3) is 0.208. The van der Waals surface area contributed by atoms with Crippen molar-refractivity contribution in [1.82, 2.24) is 0 Å². The zero-order chi connectivity index (χ0) is 19.6. The summed E-state index contributed by atoms with van der Waals surface area (Å²) >= 11 is 0. The van der Waals surface area contributed by atoms with Crippen molar-refractivity contribution >= 4 is 17.5 Å². The van der Waals surface area contributed by atoms with Gasteiger partial charge in [0.25, 0.3) is 0 Å². The van der Waals surface area contributed by atoms with E-state index in [2.05, 4.69) is 34.5 Å². The highest BCUT2D eigenvalue weighted by molar-refractivity contribution is 5.86. The fourth-order valence-corrected chi connectivity index (χ4v) is 3.99. The van der Waals surface area contributed by atoms with Gasteiger partial charge in [0.05, 0.1) is 6.61 Å². The lowest BCUT2D eigenvalue weighted by Gasteiger charge is -2.19. The molecule has 5 rings (SSSR count). The Morgan fingerprint density at radius 2 is 1.90 bits per heavy atom. The maximum atomic E-state index is 12.3.